The summed E-state index contributed by atoms with van der Waals surface area (Å²) in [5, 5.41) is 16.5. The minimum Gasteiger partial charge on any atom is -0.366 e. The van der Waals surface area contributed by atoms with Crippen molar-refractivity contribution in [3.05, 3.63) is 65.4 Å². The van der Waals surface area contributed by atoms with Crippen LogP contribution in [0.5, 0.6) is 0 Å². The van der Waals surface area contributed by atoms with Crippen LogP contribution in [0.4, 0.5) is 5.82 Å². The van der Waals surface area contributed by atoms with Crippen molar-refractivity contribution in [2.75, 3.05) is 5.32 Å². The second-order valence-electron chi connectivity index (χ2n) is 7.63. The molecule has 0 aliphatic carbocycles. The fourth-order valence-corrected chi connectivity index (χ4v) is 4.15. The highest BCUT2D eigenvalue weighted by molar-refractivity contribution is 7.89. The van der Waals surface area contributed by atoms with E-state index in [0.717, 1.165) is 12.1 Å². The number of nitrogens with one attached hydrogen (secondary N) is 2. The normalized spacial score (nSPS) is 11.5. The van der Waals surface area contributed by atoms with Crippen molar-refractivity contribution < 1.29 is 8.42 Å². The molecule has 162 valence electrons. The monoisotopic (exact) mass is 439 g/mol. The van der Waals surface area contributed by atoms with Gasteiger partial charge in [0.25, 0.3) is 0 Å². The lowest BCUT2D eigenvalue weighted by molar-refractivity contribution is 0.479. The van der Waals surface area contributed by atoms with Crippen LogP contribution in [0.1, 0.15) is 36.2 Å². The van der Waals surface area contributed by atoms with E-state index in [1.54, 1.807) is 31.3 Å². The van der Waals surface area contributed by atoms with Crippen LogP contribution in [0.3, 0.4) is 0 Å². The molecule has 31 heavy (non-hydrogen) atoms. The average Bonchev–Trinajstić information content (AvgIpc) is 3.17. The van der Waals surface area contributed by atoms with Crippen molar-refractivity contribution in [3.63, 3.8) is 0 Å². The maximum Gasteiger partial charge on any atom is 0.242 e. The van der Waals surface area contributed by atoms with Gasteiger partial charge in [-0.25, -0.2) is 18.1 Å². The molecule has 3 aromatic rings. The molecule has 0 aliphatic heterocycles. The second kappa shape index (κ2) is 9.68. The van der Waals surface area contributed by atoms with E-state index in [1.165, 1.54) is 12.4 Å². The molecule has 0 saturated heterocycles. The maximum absolute atomic E-state index is 12.7. The number of aryl methyl sites for hydroxylation is 1. The molecule has 0 spiro atoms. The Bertz CT molecular complexity index is 1200. The van der Waals surface area contributed by atoms with Crippen LogP contribution in [0.15, 0.2) is 47.9 Å². The molecule has 0 amide bonds. The Morgan fingerprint density at radius 2 is 2.00 bits per heavy atom. The number of pyridine rings is 2. The summed E-state index contributed by atoms with van der Waals surface area (Å²) in [6.07, 6.45) is 6.33. The summed E-state index contributed by atoms with van der Waals surface area (Å²) < 4.78 is 29.8. The molecule has 0 fully saturated rings. The molecule has 10 heteroatoms. The Kier molecular flexibility index (Phi) is 6.99. The predicted molar refractivity (Wildman–Crippen MR) is 116 cm³/mol. The van der Waals surface area contributed by atoms with Crippen molar-refractivity contribution in [1.82, 2.24) is 24.5 Å². The van der Waals surface area contributed by atoms with Crippen LogP contribution < -0.4 is 10.0 Å². The van der Waals surface area contributed by atoms with Gasteiger partial charge in [-0.2, -0.15) is 10.4 Å². The number of nitrogens with zero attached hydrogens (tertiary/aromatic N) is 5. The van der Waals surface area contributed by atoms with Crippen LogP contribution in [0, 0.1) is 24.2 Å². The number of aromatic nitrogens is 4. The standard InChI is InChI=1S/C21H25N7O2S/c1-15(2)14-28-5-4-19(27-28)12-26-31(29,30)20-13-25-21(6-16(20)3)24-11-18-7-17(8-22)9-23-10-18/h4-7,9-10,13,15,26H,11-12,14H2,1-3H3,(H,24,25). The lowest BCUT2D eigenvalue weighted by atomic mass is 10.2. The molecule has 0 radical (unpaired) electrons. The molecule has 9 nitrogen and oxygen atoms in total. The molecule has 2 N–H and O–H groups in total. The second-order valence-corrected chi connectivity index (χ2v) is 9.37. The summed E-state index contributed by atoms with van der Waals surface area (Å²) in [6.45, 7) is 7.21. The van der Waals surface area contributed by atoms with Crippen LogP contribution in [0.2, 0.25) is 0 Å². The van der Waals surface area contributed by atoms with E-state index in [0.29, 0.717) is 35.1 Å². The fraction of sp³-hybridized carbons (Fsp3) is 0.333. The third-order valence-electron chi connectivity index (χ3n) is 4.44. The van der Waals surface area contributed by atoms with Crippen molar-refractivity contribution in [1.29, 1.82) is 5.26 Å². The molecular weight excluding hydrogens is 414 g/mol. The minimum atomic E-state index is -3.73. The van der Waals surface area contributed by atoms with E-state index < -0.39 is 10.0 Å². The summed E-state index contributed by atoms with van der Waals surface area (Å²) >= 11 is 0. The van der Waals surface area contributed by atoms with Gasteiger partial charge in [-0.05, 0) is 42.2 Å². The van der Waals surface area contributed by atoms with Gasteiger partial charge in [-0.15, -0.1) is 0 Å². The SMILES string of the molecule is Cc1cc(NCc2cncc(C#N)c2)ncc1S(=O)(=O)NCc1ccn(CC(C)C)n1. The topological polar surface area (TPSA) is 126 Å². The van der Waals surface area contributed by atoms with Gasteiger partial charge < -0.3 is 5.32 Å². The Hall–Kier alpha value is -3.29. The van der Waals surface area contributed by atoms with E-state index in [-0.39, 0.29) is 11.4 Å². The number of sulfonamides is 1. The van der Waals surface area contributed by atoms with Gasteiger partial charge in [-0.1, -0.05) is 13.8 Å². The number of hydrogen-bond acceptors (Lipinski definition) is 7. The van der Waals surface area contributed by atoms with Gasteiger partial charge in [0, 0.05) is 37.9 Å². The average molecular weight is 440 g/mol. The zero-order valence-corrected chi connectivity index (χ0v) is 18.5. The van der Waals surface area contributed by atoms with Gasteiger partial charge in [0.1, 0.15) is 16.8 Å². The molecule has 0 aliphatic rings. The highest BCUT2D eigenvalue weighted by Gasteiger charge is 2.18. The van der Waals surface area contributed by atoms with Gasteiger partial charge >= 0.3 is 0 Å². The number of nitriles is 1. The Morgan fingerprint density at radius 3 is 2.71 bits per heavy atom. The molecule has 0 aromatic carbocycles. The summed E-state index contributed by atoms with van der Waals surface area (Å²) in [7, 11) is -3.73. The Morgan fingerprint density at radius 1 is 1.19 bits per heavy atom. The third kappa shape index (κ3) is 6.10. The lowest BCUT2D eigenvalue weighted by Crippen LogP contribution is -2.24. The quantitative estimate of drug-likeness (QED) is 0.525. The number of hydrogen-bond donors (Lipinski definition) is 2. The highest BCUT2D eigenvalue weighted by atomic mass is 32.2. The van der Waals surface area contributed by atoms with E-state index in [2.05, 4.69) is 39.0 Å². The number of anilines is 1. The first kappa shape index (κ1) is 22.4. The van der Waals surface area contributed by atoms with Gasteiger partial charge in [0.15, 0.2) is 0 Å². The molecule has 3 aromatic heterocycles. The fourth-order valence-electron chi connectivity index (χ4n) is 2.98. The van der Waals surface area contributed by atoms with E-state index in [9.17, 15) is 8.42 Å². The van der Waals surface area contributed by atoms with E-state index in [4.69, 9.17) is 5.26 Å². The van der Waals surface area contributed by atoms with Crippen LogP contribution >= 0.6 is 0 Å². The van der Waals surface area contributed by atoms with Crippen molar-refractivity contribution in [2.24, 2.45) is 5.92 Å². The maximum atomic E-state index is 12.7. The lowest BCUT2D eigenvalue weighted by Gasteiger charge is -2.11. The molecule has 3 rings (SSSR count). The molecule has 0 bridgehead atoms. The first-order valence-electron chi connectivity index (χ1n) is 9.83. The summed E-state index contributed by atoms with van der Waals surface area (Å²) in [5.41, 5.74) is 2.53. The molecule has 0 saturated carbocycles. The molecule has 0 unspecified atom stereocenters. The zero-order chi connectivity index (χ0) is 22.4. The van der Waals surface area contributed by atoms with Crippen molar-refractivity contribution in [2.45, 2.75) is 45.3 Å². The molecular formula is C21H25N7O2S. The minimum absolute atomic E-state index is 0.106. The summed E-state index contributed by atoms with van der Waals surface area (Å²) in [6, 6.07) is 7.26. The van der Waals surface area contributed by atoms with Gasteiger partial charge in [0.2, 0.25) is 10.0 Å². The van der Waals surface area contributed by atoms with Crippen LogP contribution in [-0.4, -0.2) is 28.2 Å². The summed E-state index contributed by atoms with van der Waals surface area (Å²) in [4.78, 5) is 8.35. The van der Waals surface area contributed by atoms with Gasteiger partial charge in [0.05, 0.1) is 17.8 Å². The van der Waals surface area contributed by atoms with Gasteiger partial charge in [-0.3, -0.25) is 9.67 Å². The van der Waals surface area contributed by atoms with E-state index >= 15 is 0 Å². The van der Waals surface area contributed by atoms with Crippen molar-refractivity contribution in [3.8, 4) is 6.07 Å². The first-order valence-corrected chi connectivity index (χ1v) is 11.3. The van der Waals surface area contributed by atoms with Crippen LogP contribution in [-0.2, 0) is 29.7 Å². The molecule has 3 heterocycles. The molecule has 0 atom stereocenters. The summed E-state index contributed by atoms with van der Waals surface area (Å²) in [5.74, 6) is 0.989. The van der Waals surface area contributed by atoms with Crippen LogP contribution in [0.25, 0.3) is 0 Å². The smallest absolute Gasteiger partial charge is 0.242 e. The van der Waals surface area contributed by atoms with Crippen molar-refractivity contribution >= 4 is 15.8 Å². The third-order valence-corrected chi connectivity index (χ3v) is 5.97. The van der Waals surface area contributed by atoms with E-state index in [1.807, 2.05) is 16.9 Å². The highest BCUT2D eigenvalue weighted by Crippen LogP contribution is 2.18. The largest absolute Gasteiger partial charge is 0.366 e. The first-order chi connectivity index (χ1) is 14.8. The zero-order valence-electron chi connectivity index (χ0n) is 17.7. The number of rotatable bonds is 9. The predicted octanol–water partition coefficient (Wildman–Crippen LogP) is 2.60. The Labute approximate surface area is 182 Å². The Balaban J connectivity index is 1.63.